The molecule has 3 aromatic carbocycles. The molecule has 7 heterocycles. The summed E-state index contributed by atoms with van der Waals surface area (Å²) in [5.74, 6) is 1.64. The van der Waals surface area contributed by atoms with Crippen molar-refractivity contribution < 1.29 is 40.2 Å². The predicted molar refractivity (Wildman–Crippen MR) is 215 cm³/mol. The van der Waals surface area contributed by atoms with E-state index in [9.17, 15) is 0 Å². The molecule has 0 spiro atoms. The monoisotopic (exact) mass is 1090 g/mol. The molecule has 280 valence electrons. The second-order valence-corrected chi connectivity index (χ2v) is 11.9. The van der Waals surface area contributed by atoms with Crippen molar-refractivity contribution in [3.8, 4) is 22.9 Å². The Morgan fingerprint density at radius 3 is 1.68 bits per heavy atom. The van der Waals surface area contributed by atoms with Crippen molar-refractivity contribution in [1.82, 2.24) is 29.9 Å². The molecule has 12 heteroatoms. The number of aromatic nitrogens is 6. The van der Waals surface area contributed by atoms with Crippen LogP contribution in [0.25, 0.3) is 22.9 Å². The van der Waals surface area contributed by atoms with Gasteiger partial charge in [-0.3, -0.25) is 9.97 Å². The van der Waals surface area contributed by atoms with E-state index < -0.39 is 0 Å². The van der Waals surface area contributed by atoms with Gasteiger partial charge in [-0.2, -0.15) is 80.2 Å². The van der Waals surface area contributed by atoms with Gasteiger partial charge in [-0.1, -0.05) is 48.8 Å². The van der Waals surface area contributed by atoms with Gasteiger partial charge in [-0.15, -0.1) is 17.1 Å². The van der Waals surface area contributed by atoms with Gasteiger partial charge in [0.05, 0.1) is 5.69 Å². The van der Waals surface area contributed by atoms with Gasteiger partial charge in [0, 0.05) is 41.3 Å². The second kappa shape index (κ2) is 20.7. The number of hydrogen-bond donors (Lipinski definition) is 0. The molecule has 0 unspecified atom stereocenters. The average Bonchev–Trinajstić information content (AvgIpc) is 4.09. The molecule has 0 atom stereocenters. The van der Waals surface area contributed by atoms with Gasteiger partial charge >= 0.3 is 40.2 Å². The Balaban J connectivity index is 0.000000143. The Bertz CT molecular complexity index is 2110. The van der Waals surface area contributed by atoms with Crippen molar-refractivity contribution in [2.45, 2.75) is 0 Å². The number of nitrogens with zero attached hydrogens (tertiary/aromatic N) is 10. The minimum absolute atomic E-state index is 0. The molecule has 10 rings (SSSR count). The number of benzene rings is 3. The Hall–Kier alpha value is -5.90. The van der Waals surface area contributed by atoms with Crippen molar-refractivity contribution in [1.29, 1.82) is 0 Å². The van der Waals surface area contributed by atoms with Crippen LogP contribution in [0.15, 0.2) is 171 Å². The molecule has 2 aliphatic heterocycles. The summed E-state index contributed by atoms with van der Waals surface area (Å²) >= 11 is 0. The fraction of sp³-hybridized carbons (Fsp3) is 0.0455. The van der Waals surface area contributed by atoms with Crippen LogP contribution < -0.4 is 29.6 Å². The van der Waals surface area contributed by atoms with Gasteiger partial charge in [-0.05, 0) is 68.5 Å². The molecule has 8 aromatic rings. The Morgan fingerprint density at radius 2 is 1.07 bits per heavy atom. The van der Waals surface area contributed by atoms with E-state index in [2.05, 4.69) is 107 Å². The van der Waals surface area contributed by atoms with E-state index in [4.69, 9.17) is 0 Å². The van der Waals surface area contributed by atoms with Crippen LogP contribution in [0.1, 0.15) is 0 Å². The number of pyridine rings is 3. The molecule has 0 radical (unpaired) electrons. The summed E-state index contributed by atoms with van der Waals surface area (Å²) in [6.45, 7) is 4.10. The summed E-state index contributed by atoms with van der Waals surface area (Å²) < 4.78 is 0. The Labute approximate surface area is 355 Å². The minimum Gasteiger partial charge on any atom is -0.662 e. The molecule has 0 fully saturated rings. The quantitative estimate of drug-likeness (QED) is 0.160. The smallest absolute Gasteiger partial charge is 0.662 e. The molecule has 56 heavy (non-hydrogen) atoms. The minimum atomic E-state index is 0. The van der Waals surface area contributed by atoms with E-state index in [0.29, 0.717) is 5.82 Å². The first-order valence-corrected chi connectivity index (χ1v) is 17.2. The molecule has 0 N–H and O–H groups in total. The number of hydrogen-bond acceptors (Lipinski definition) is 8. The fourth-order valence-electron chi connectivity index (χ4n) is 5.67. The molecule has 2 aliphatic rings. The van der Waals surface area contributed by atoms with E-state index in [1.165, 1.54) is 11.4 Å². The molecule has 0 amide bonds. The van der Waals surface area contributed by atoms with Crippen LogP contribution in [0.4, 0.5) is 34.3 Å². The fourth-order valence-corrected chi connectivity index (χ4v) is 5.67. The standard InChI is InChI=1S/C14H12N2.C13H11N3.C9H7N2.C8H6N3.2Ir/c1-15-11-16(12-7-3-2-4-8-12)14-10-6-5-9-13(14)15;1-15-10-16(11-6-3-2-4-7-11)13-12(15)8-5-9-14-13;1-2-6-10-8(4-1)9-5-3-7-11-9;1-2-4-9-7(3-1)8-10-5-6-11-8;;/h2-7,9-11H,1H3;2-6,8-10H,1H3;1-7H;1-6H;;/q2*-2;2*-1;2*+3. The number of para-hydroxylation sites is 4. The summed E-state index contributed by atoms with van der Waals surface area (Å²) in [6, 6.07) is 50.0. The molecule has 5 aromatic heterocycles. The summed E-state index contributed by atoms with van der Waals surface area (Å²) in [5, 5.41) is 0. The molecule has 10 nitrogen and oxygen atoms in total. The first-order chi connectivity index (χ1) is 26.7. The first-order valence-electron chi connectivity index (χ1n) is 17.2. The molecular weight excluding hydrogens is 1050 g/mol. The van der Waals surface area contributed by atoms with Crippen molar-refractivity contribution >= 4 is 34.3 Å². The third kappa shape index (κ3) is 10.2. The summed E-state index contributed by atoms with van der Waals surface area (Å²) in [4.78, 5) is 33.2. The maximum atomic E-state index is 4.40. The van der Waals surface area contributed by atoms with Crippen LogP contribution in [0, 0.1) is 25.5 Å². The van der Waals surface area contributed by atoms with E-state index >= 15 is 0 Å². The van der Waals surface area contributed by atoms with Crippen LogP contribution in [0.5, 0.6) is 0 Å². The van der Waals surface area contributed by atoms with E-state index in [0.717, 1.165) is 40.0 Å². The van der Waals surface area contributed by atoms with Crippen molar-refractivity contribution in [2.75, 3.05) is 33.7 Å². The third-order valence-corrected chi connectivity index (χ3v) is 8.21. The van der Waals surface area contributed by atoms with Crippen molar-refractivity contribution in [3.63, 3.8) is 0 Å². The summed E-state index contributed by atoms with van der Waals surface area (Å²) in [5.41, 5.74) is 8.29. The summed E-state index contributed by atoms with van der Waals surface area (Å²) in [6.07, 6.45) is 10.4. The van der Waals surface area contributed by atoms with E-state index in [1.807, 2.05) is 122 Å². The van der Waals surface area contributed by atoms with Crippen molar-refractivity contribution in [2.24, 2.45) is 0 Å². The molecule has 0 aliphatic carbocycles. The van der Waals surface area contributed by atoms with Crippen molar-refractivity contribution in [3.05, 3.63) is 196 Å². The van der Waals surface area contributed by atoms with Crippen LogP contribution >= 0.6 is 0 Å². The van der Waals surface area contributed by atoms with Gasteiger partial charge in [-0.25, -0.2) is 4.98 Å². The number of fused-ring (bicyclic) bond motifs is 2. The predicted octanol–water partition coefficient (Wildman–Crippen LogP) is 8.58. The zero-order valence-corrected chi connectivity index (χ0v) is 35.2. The molecule has 0 saturated carbocycles. The second-order valence-electron chi connectivity index (χ2n) is 11.9. The Morgan fingerprint density at radius 1 is 0.482 bits per heavy atom. The van der Waals surface area contributed by atoms with Crippen LogP contribution in [-0.4, -0.2) is 34.0 Å². The first kappa shape index (κ1) is 41.3. The van der Waals surface area contributed by atoms with Gasteiger partial charge in [0.2, 0.25) is 0 Å². The average molecular weight is 1090 g/mol. The zero-order valence-electron chi connectivity index (χ0n) is 30.5. The summed E-state index contributed by atoms with van der Waals surface area (Å²) in [7, 11) is 4.07. The van der Waals surface area contributed by atoms with Gasteiger partial charge in [0.15, 0.2) is 0 Å². The van der Waals surface area contributed by atoms with Crippen LogP contribution in [0.2, 0.25) is 0 Å². The van der Waals surface area contributed by atoms with Crippen LogP contribution in [-0.2, 0) is 40.2 Å². The number of imidazole rings is 1. The normalized spacial score (nSPS) is 11.9. The Kier molecular flexibility index (Phi) is 15.2. The SMILES string of the molecule is CN1[CH-]N(c2[c-]cccc2)c2ccccc21.CN1[CH-]N(c2[c-]cccc2)c2ncccc21.[Ir+3].[Ir+3].c1ccc(-c2ccc[n-]2)nc1.c1ccc(-c2ncc[n-]2)nc1. The van der Waals surface area contributed by atoms with Gasteiger partial charge < -0.3 is 34.6 Å². The zero-order chi connectivity index (χ0) is 37.0. The van der Waals surface area contributed by atoms with E-state index in [-0.39, 0.29) is 40.2 Å². The number of rotatable bonds is 4. The largest absolute Gasteiger partial charge is 3.00 e. The third-order valence-electron chi connectivity index (χ3n) is 8.21. The maximum Gasteiger partial charge on any atom is 3.00 e. The van der Waals surface area contributed by atoms with Gasteiger partial charge in [0.1, 0.15) is 5.82 Å². The van der Waals surface area contributed by atoms with Gasteiger partial charge in [0.25, 0.3) is 0 Å². The molecule has 0 bridgehead atoms. The van der Waals surface area contributed by atoms with Crippen LogP contribution in [0.3, 0.4) is 0 Å². The maximum absolute atomic E-state index is 4.40. The number of anilines is 6. The topological polar surface area (TPSA) is 92.7 Å². The van der Waals surface area contributed by atoms with E-state index in [1.54, 1.807) is 31.0 Å². The molecule has 0 saturated heterocycles. The molecular formula is C44H36Ir2N10.